The zero-order valence-corrected chi connectivity index (χ0v) is 10.9. The number of carboxylic acids is 1. The predicted octanol–water partition coefficient (Wildman–Crippen LogP) is 1.23. The molecular weight excluding hydrogens is 218 g/mol. The molecule has 3 N–H and O–H groups in total. The van der Waals surface area contributed by atoms with Crippen molar-refractivity contribution in [2.75, 3.05) is 6.54 Å². The van der Waals surface area contributed by atoms with Gasteiger partial charge in [-0.1, -0.05) is 20.8 Å². The maximum absolute atomic E-state index is 10.8. The second-order valence-electron chi connectivity index (χ2n) is 5.39. The number of rotatable bonds is 4. The van der Waals surface area contributed by atoms with E-state index in [0.29, 0.717) is 6.54 Å². The molecule has 5 heteroatoms. The fourth-order valence-electron chi connectivity index (χ4n) is 1.92. The molecule has 0 fully saturated rings. The van der Waals surface area contributed by atoms with Gasteiger partial charge in [0, 0.05) is 24.6 Å². The second-order valence-corrected chi connectivity index (χ2v) is 5.39. The molecule has 96 valence electrons. The van der Waals surface area contributed by atoms with Gasteiger partial charge in [0.2, 0.25) is 0 Å². The average Bonchev–Trinajstić information content (AvgIpc) is 2.55. The standard InChI is InChI=1S/C12H21N3O2/c1-12(2,3)11-9(7-15(4)14-11)8(6-13)5-10(16)17/h7-8H,5-6,13H2,1-4H3,(H,16,17). The second kappa shape index (κ2) is 4.87. The first-order valence-electron chi connectivity index (χ1n) is 5.71. The topological polar surface area (TPSA) is 81.1 Å². The van der Waals surface area contributed by atoms with Crippen LogP contribution in [0.4, 0.5) is 0 Å². The summed E-state index contributed by atoms with van der Waals surface area (Å²) in [6.45, 7) is 6.51. The first kappa shape index (κ1) is 13.7. The summed E-state index contributed by atoms with van der Waals surface area (Å²) < 4.78 is 1.72. The summed E-state index contributed by atoms with van der Waals surface area (Å²) in [4.78, 5) is 10.8. The Bertz CT molecular complexity index is 404. The van der Waals surface area contributed by atoms with E-state index in [1.807, 2.05) is 13.2 Å². The lowest BCUT2D eigenvalue weighted by Crippen LogP contribution is -2.21. The van der Waals surface area contributed by atoms with Crippen LogP contribution in [0.2, 0.25) is 0 Å². The Labute approximate surface area is 102 Å². The molecule has 1 atom stereocenters. The largest absolute Gasteiger partial charge is 0.481 e. The molecule has 1 aromatic rings. The van der Waals surface area contributed by atoms with Gasteiger partial charge in [0.25, 0.3) is 0 Å². The van der Waals surface area contributed by atoms with Crippen LogP contribution in [0.25, 0.3) is 0 Å². The van der Waals surface area contributed by atoms with Crippen LogP contribution in [0, 0.1) is 0 Å². The highest BCUT2D eigenvalue weighted by molar-refractivity contribution is 5.68. The van der Waals surface area contributed by atoms with Crippen molar-refractivity contribution in [1.82, 2.24) is 9.78 Å². The maximum atomic E-state index is 10.8. The van der Waals surface area contributed by atoms with Crippen molar-refractivity contribution < 1.29 is 9.90 Å². The zero-order valence-electron chi connectivity index (χ0n) is 10.9. The van der Waals surface area contributed by atoms with E-state index in [-0.39, 0.29) is 17.8 Å². The number of hydrogen-bond acceptors (Lipinski definition) is 3. The van der Waals surface area contributed by atoms with E-state index in [0.717, 1.165) is 11.3 Å². The summed E-state index contributed by atoms with van der Waals surface area (Å²) in [5, 5.41) is 13.3. The average molecular weight is 239 g/mol. The molecule has 0 aromatic carbocycles. The molecule has 0 radical (unpaired) electrons. The number of carboxylic acid groups (broad SMARTS) is 1. The first-order chi connectivity index (χ1) is 7.75. The lowest BCUT2D eigenvalue weighted by atomic mass is 9.84. The molecule has 0 amide bonds. The van der Waals surface area contributed by atoms with E-state index in [1.165, 1.54) is 0 Å². The highest BCUT2D eigenvalue weighted by atomic mass is 16.4. The third kappa shape index (κ3) is 3.30. The van der Waals surface area contributed by atoms with Crippen LogP contribution in [-0.4, -0.2) is 27.4 Å². The lowest BCUT2D eigenvalue weighted by Gasteiger charge is -2.20. The van der Waals surface area contributed by atoms with E-state index in [4.69, 9.17) is 10.8 Å². The number of aryl methyl sites for hydroxylation is 1. The Morgan fingerprint density at radius 3 is 2.59 bits per heavy atom. The molecule has 5 nitrogen and oxygen atoms in total. The van der Waals surface area contributed by atoms with Gasteiger partial charge in [-0.05, 0) is 12.1 Å². The Kier molecular flexibility index (Phi) is 3.93. The molecule has 1 aromatic heterocycles. The molecule has 0 aliphatic carbocycles. The summed E-state index contributed by atoms with van der Waals surface area (Å²) in [6.07, 6.45) is 1.92. The number of nitrogens with zero attached hydrogens (tertiary/aromatic N) is 2. The van der Waals surface area contributed by atoms with E-state index < -0.39 is 5.97 Å². The van der Waals surface area contributed by atoms with Crippen molar-refractivity contribution in [3.8, 4) is 0 Å². The van der Waals surface area contributed by atoms with Crippen molar-refractivity contribution >= 4 is 5.97 Å². The molecule has 0 saturated heterocycles. The molecule has 0 aliphatic rings. The van der Waals surface area contributed by atoms with Crippen molar-refractivity contribution in [2.24, 2.45) is 12.8 Å². The highest BCUT2D eigenvalue weighted by Gasteiger charge is 2.27. The zero-order chi connectivity index (χ0) is 13.2. The minimum Gasteiger partial charge on any atom is -0.481 e. The van der Waals surface area contributed by atoms with Gasteiger partial charge in [0.1, 0.15) is 0 Å². The number of carbonyl (C=O) groups is 1. The van der Waals surface area contributed by atoms with Crippen LogP contribution in [0.1, 0.15) is 44.4 Å². The van der Waals surface area contributed by atoms with Crippen molar-refractivity contribution in [1.29, 1.82) is 0 Å². The molecule has 0 bridgehead atoms. The van der Waals surface area contributed by atoms with Crippen molar-refractivity contribution in [3.05, 3.63) is 17.5 Å². The molecule has 17 heavy (non-hydrogen) atoms. The quantitative estimate of drug-likeness (QED) is 0.828. The molecule has 0 spiro atoms. The van der Waals surface area contributed by atoms with E-state index in [9.17, 15) is 4.79 Å². The third-order valence-electron chi connectivity index (χ3n) is 2.71. The first-order valence-corrected chi connectivity index (χ1v) is 5.71. The van der Waals surface area contributed by atoms with Gasteiger partial charge >= 0.3 is 5.97 Å². The number of aromatic nitrogens is 2. The van der Waals surface area contributed by atoms with Crippen LogP contribution in [0.5, 0.6) is 0 Å². The Morgan fingerprint density at radius 2 is 2.18 bits per heavy atom. The smallest absolute Gasteiger partial charge is 0.304 e. The van der Waals surface area contributed by atoms with Gasteiger partial charge in [-0.25, -0.2) is 0 Å². The van der Waals surface area contributed by atoms with E-state index in [2.05, 4.69) is 25.9 Å². The number of hydrogen-bond donors (Lipinski definition) is 2. The predicted molar refractivity (Wildman–Crippen MR) is 66.0 cm³/mol. The van der Waals surface area contributed by atoms with Gasteiger partial charge in [0.05, 0.1) is 12.1 Å². The monoisotopic (exact) mass is 239 g/mol. The fraction of sp³-hybridized carbons (Fsp3) is 0.667. The summed E-state index contributed by atoms with van der Waals surface area (Å²) in [7, 11) is 1.84. The minimum atomic E-state index is -0.829. The SMILES string of the molecule is Cn1cc(C(CN)CC(=O)O)c(C(C)(C)C)n1. The van der Waals surface area contributed by atoms with Gasteiger partial charge in [0.15, 0.2) is 0 Å². The van der Waals surface area contributed by atoms with Gasteiger partial charge in [-0.2, -0.15) is 5.10 Å². The molecule has 0 saturated carbocycles. The minimum absolute atomic E-state index is 0.0469. The van der Waals surface area contributed by atoms with Crippen molar-refractivity contribution in [3.63, 3.8) is 0 Å². The van der Waals surface area contributed by atoms with Gasteiger partial charge in [-0.3, -0.25) is 9.48 Å². The van der Waals surface area contributed by atoms with Crippen LogP contribution < -0.4 is 5.73 Å². The Hall–Kier alpha value is -1.36. The fourth-order valence-corrected chi connectivity index (χ4v) is 1.92. The van der Waals surface area contributed by atoms with Gasteiger partial charge in [-0.15, -0.1) is 0 Å². The van der Waals surface area contributed by atoms with Crippen molar-refractivity contribution in [2.45, 2.75) is 38.5 Å². The van der Waals surface area contributed by atoms with E-state index >= 15 is 0 Å². The van der Waals surface area contributed by atoms with Crippen LogP contribution in [0.3, 0.4) is 0 Å². The summed E-state index contributed by atoms with van der Waals surface area (Å²) in [5.41, 5.74) is 7.44. The van der Waals surface area contributed by atoms with Gasteiger partial charge < -0.3 is 10.8 Å². The van der Waals surface area contributed by atoms with Crippen LogP contribution >= 0.6 is 0 Å². The molecule has 1 rings (SSSR count). The van der Waals surface area contributed by atoms with E-state index in [1.54, 1.807) is 4.68 Å². The maximum Gasteiger partial charge on any atom is 0.304 e. The molecule has 1 heterocycles. The Balaban J connectivity index is 3.14. The number of aliphatic carboxylic acids is 1. The lowest BCUT2D eigenvalue weighted by molar-refractivity contribution is -0.137. The number of nitrogens with two attached hydrogens (primary N) is 1. The third-order valence-corrected chi connectivity index (χ3v) is 2.71. The Morgan fingerprint density at radius 1 is 1.59 bits per heavy atom. The molecule has 0 aliphatic heterocycles. The highest BCUT2D eigenvalue weighted by Crippen LogP contribution is 2.30. The summed E-state index contributed by atoms with van der Waals surface area (Å²) >= 11 is 0. The van der Waals surface area contributed by atoms with Crippen LogP contribution in [0.15, 0.2) is 6.20 Å². The summed E-state index contributed by atoms with van der Waals surface area (Å²) in [6, 6.07) is 0. The molecule has 1 unspecified atom stereocenters. The molecular formula is C12H21N3O2. The normalized spacial score (nSPS) is 13.7. The summed E-state index contributed by atoms with van der Waals surface area (Å²) in [5.74, 6) is -1.00. The van der Waals surface area contributed by atoms with Crippen LogP contribution in [-0.2, 0) is 17.3 Å².